The molecule has 9 nitrogen and oxygen atoms in total. The zero-order valence-electron chi connectivity index (χ0n) is 17.7. The van der Waals surface area contributed by atoms with Crippen molar-refractivity contribution in [2.75, 3.05) is 26.0 Å². The number of aromatic nitrogens is 2. The Balaban J connectivity index is 1.56. The summed E-state index contributed by atoms with van der Waals surface area (Å²) in [5.74, 6) is -0.775. The van der Waals surface area contributed by atoms with E-state index in [1.54, 1.807) is 24.3 Å². The van der Waals surface area contributed by atoms with Crippen LogP contribution in [0.3, 0.4) is 0 Å². The number of hydrogen-bond acceptors (Lipinski definition) is 6. The molecule has 4 rings (SSSR count). The van der Waals surface area contributed by atoms with Crippen molar-refractivity contribution in [2.45, 2.75) is 37.1 Å². The van der Waals surface area contributed by atoms with Crippen LogP contribution in [0.25, 0.3) is 0 Å². The van der Waals surface area contributed by atoms with Crippen LogP contribution >= 0.6 is 11.6 Å². The van der Waals surface area contributed by atoms with Crippen LogP contribution in [0.5, 0.6) is 0 Å². The van der Waals surface area contributed by atoms with E-state index in [1.807, 2.05) is 0 Å². The number of amides is 2. The predicted molar refractivity (Wildman–Crippen MR) is 118 cm³/mol. The van der Waals surface area contributed by atoms with Gasteiger partial charge in [-0.3, -0.25) is 14.3 Å². The van der Waals surface area contributed by atoms with Gasteiger partial charge < -0.3 is 15.3 Å². The number of carbonyl (C=O) groups excluding carboxylic acids is 2. The molecule has 2 N–H and O–H groups in total. The summed E-state index contributed by atoms with van der Waals surface area (Å²) in [5.41, 5.74) is 1.78. The Bertz CT molecular complexity index is 1160. The molecule has 2 aliphatic rings. The maximum atomic E-state index is 13.2. The Kier molecular flexibility index (Phi) is 6.04. The molecule has 0 unspecified atom stereocenters. The van der Waals surface area contributed by atoms with E-state index in [2.05, 4.69) is 10.4 Å². The second-order valence-corrected chi connectivity index (χ2v) is 11.2. The van der Waals surface area contributed by atoms with Crippen LogP contribution in [0, 0.1) is 0 Å². The van der Waals surface area contributed by atoms with Crippen molar-refractivity contribution in [3.63, 3.8) is 0 Å². The number of fused-ring (bicyclic) bond motifs is 1. The first-order valence-corrected chi connectivity index (χ1v) is 12.6. The third-order valence-electron chi connectivity index (χ3n) is 6.14. The number of sulfone groups is 1. The molecule has 1 aromatic carbocycles. The van der Waals surface area contributed by atoms with Gasteiger partial charge in [0.05, 0.1) is 17.9 Å². The third-order valence-corrected chi connectivity index (χ3v) is 8.50. The van der Waals surface area contributed by atoms with Gasteiger partial charge in [-0.1, -0.05) is 23.7 Å². The number of halogens is 1. The number of aliphatic hydroxyl groups excluding tert-OH is 1. The largest absolute Gasteiger partial charge is 0.394 e. The summed E-state index contributed by atoms with van der Waals surface area (Å²) in [5, 5.41) is 17.1. The molecule has 2 aromatic rings. The molecule has 32 heavy (non-hydrogen) atoms. The zero-order chi connectivity index (χ0) is 23.1. The SMILES string of the molecule is CS(=O)(=O)C1(CN2CCc3c(C(=O)NCc4ccc(Cl)cc4)nn(CCO)c3C2=O)CC1. The van der Waals surface area contributed by atoms with E-state index in [1.165, 1.54) is 15.8 Å². The van der Waals surface area contributed by atoms with Crippen molar-refractivity contribution in [1.82, 2.24) is 20.0 Å². The van der Waals surface area contributed by atoms with Gasteiger partial charge in [0.2, 0.25) is 0 Å². The smallest absolute Gasteiger partial charge is 0.272 e. The lowest BCUT2D eigenvalue weighted by atomic mass is 10.0. The molecule has 2 heterocycles. The lowest BCUT2D eigenvalue weighted by molar-refractivity contribution is 0.0721. The van der Waals surface area contributed by atoms with E-state index in [0.29, 0.717) is 36.4 Å². The normalized spacial score (nSPS) is 17.2. The van der Waals surface area contributed by atoms with Gasteiger partial charge >= 0.3 is 0 Å². The highest BCUT2D eigenvalue weighted by Crippen LogP contribution is 2.44. The zero-order valence-corrected chi connectivity index (χ0v) is 19.2. The molecule has 2 amide bonds. The van der Waals surface area contributed by atoms with Crippen molar-refractivity contribution >= 4 is 33.3 Å². The molecule has 0 spiro atoms. The minimum atomic E-state index is -3.29. The predicted octanol–water partition coefficient (Wildman–Crippen LogP) is 1.03. The fourth-order valence-corrected chi connectivity index (χ4v) is 5.42. The monoisotopic (exact) mass is 480 g/mol. The van der Waals surface area contributed by atoms with E-state index >= 15 is 0 Å². The molecular formula is C21H25ClN4O5S. The summed E-state index contributed by atoms with van der Waals surface area (Å²) in [4.78, 5) is 27.6. The summed E-state index contributed by atoms with van der Waals surface area (Å²) in [6, 6.07) is 7.08. The Morgan fingerprint density at radius 3 is 2.56 bits per heavy atom. The van der Waals surface area contributed by atoms with E-state index in [9.17, 15) is 23.1 Å². The fraction of sp³-hybridized carbons (Fsp3) is 0.476. The van der Waals surface area contributed by atoms with E-state index in [-0.39, 0.29) is 43.5 Å². The van der Waals surface area contributed by atoms with Crippen LogP contribution in [0.15, 0.2) is 24.3 Å². The molecule has 1 saturated carbocycles. The average molecular weight is 481 g/mol. The van der Waals surface area contributed by atoms with Gasteiger partial charge in [-0.15, -0.1) is 0 Å². The molecule has 1 aliphatic carbocycles. The molecule has 1 fully saturated rings. The molecule has 1 aliphatic heterocycles. The number of benzene rings is 1. The van der Waals surface area contributed by atoms with Crippen LogP contribution in [-0.4, -0.2) is 70.7 Å². The van der Waals surface area contributed by atoms with Crippen LogP contribution in [0.1, 0.15) is 44.9 Å². The van der Waals surface area contributed by atoms with Crippen LogP contribution in [0.4, 0.5) is 0 Å². The third kappa shape index (κ3) is 4.26. The summed E-state index contributed by atoms with van der Waals surface area (Å²) in [6.45, 7) is 0.524. The average Bonchev–Trinajstić information content (AvgIpc) is 3.45. The first kappa shape index (κ1) is 22.8. The van der Waals surface area contributed by atoms with Crippen molar-refractivity contribution in [2.24, 2.45) is 0 Å². The summed E-state index contributed by atoms with van der Waals surface area (Å²) >= 11 is 5.89. The quantitative estimate of drug-likeness (QED) is 0.582. The molecule has 172 valence electrons. The van der Waals surface area contributed by atoms with E-state index in [4.69, 9.17) is 11.6 Å². The lowest BCUT2D eigenvalue weighted by Gasteiger charge is -2.30. The summed E-state index contributed by atoms with van der Waals surface area (Å²) in [7, 11) is -3.29. The van der Waals surface area contributed by atoms with Crippen molar-refractivity contribution in [3.8, 4) is 0 Å². The number of rotatable bonds is 8. The Morgan fingerprint density at radius 2 is 1.97 bits per heavy atom. The summed E-state index contributed by atoms with van der Waals surface area (Å²) < 4.78 is 24.8. The Morgan fingerprint density at radius 1 is 1.28 bits per heavy atom. The molecule has 0 radical (unpaired) electrons. The second-order valence-electron chi connectivity index (χ2n) is 8.36. The molecule has 0 atom stereocenters. The van der Waals surface area contributed by atoms with Gasteiger partial charge in [-0.05, 0) is 37.0 Å². The van der Waals surface area contributed by atoms with Crippen molar-refractivity contribution in [1.29, 1.82) is 0 Å². The lowest BCUT2D eigenvalue weighted by Crippen LogP contribution is -2.46. The second kappa shape index (κ2) is 8.49. The highest BCUT2D eigenvalue weighted by atomic mass is 35.5. The number of hydrogen-bond donors (Lipinski definition) is 2. The molecule has 1 aromatic heterocycles. The Labute approximate surface area is 191 Å². The molecule has 0 saturated heterocycles. The Hall–Kier alpha value is -2.43. The van der Waals surface area contributed by atoms with E-state index < -0.39 is 20.5 Å². The first-order chi connectivity index (χ1) is 15.1. The molecule has 0 bridgehead atoms. The van der Waals surface area contributed by atoms with Crippen LogP contribution in [0.2, 0.25) is 5.02 Å². The number of carbonyl (C=O) groups is 2. The highest BCUT2D eigenvalue weighted by molar-refractivity contribution is 7.92. The van der Waals surface area contributed by atoms with Gasteiger partial charge in [-0.2, -0.15) is 5.10 Å². The topological polar surface area (TPSA) is 122 Å². The number of nitrogens with zero attached hydrogens (tertiary/aromatic N) is 3. The van der Waals surface area contributed by atoms with Crippen molar-refractivity contribution in [3.05, 3.63) is 51.8 Å². The standard InChI is InChI=1S/C21H25ClN4O5S/c1-32(30,31)21(7-8-21)13-25-9-6-16-17(24-26(10-11-27)18(16)20(25)29)19(28)23-12-14-2-4-15(22)5-3-14/h2-5,27H,6-13H2,1H3,(H,23,28). The number of nitrogens with one attached hydrogen (secondary N) is 1. The molecule has 11 heteroatoms. The maximum Gasteiger partial charge on any atom is 0.272 e. The van der Waals surface area contributed by atoms with Gasteiger partial charge in [-0.25, -0.2) is 8.42 Å². The summed E-state index contributed by atoms with van der Waals surface area (Å²) in [6.07, 6.45) is 2.67. The van der Waals surface area contributed by atoms with Gasteiger partial charge in [0.15, 0.2) is 15.5 Å². The van der Waals surface area contributed by atoms with Gasteiger partial charge in [0.1, 0.15) is 5.69 Å². The maximum absolute atomic E-state index is 13.2. The van der Waals surface area contributed by atoms with Crippen molar-refractivity contribution < 1.29 is 23.1 Å². The minimum Gasteiger partial charge on any atom is -0.394 e. The highest BCUT2D eigenvalue weighted by Gasteiger charge is 2.54. The van der Waals surface area contributed by atoms with Gasteiger partial charge in [0.25, 0.3) is 11.8 Å². The van der Waals surface area contributed by atoms with Crippen LogP contribution in [-0.2, 0) is 29.3 Å². The number of aliphatic hydroxyl groups is 1. The van der Waals surface area contributed by atoms with Crippen LogP contribution < -0.4 is 5.32 Å². The minimum absolute atomic E-state index is 0.0591. The van der Waals surface area contributed by atoms with E-state index in [0.717, 1.165) is 5.56 Å². The fourth-order valence-electron chi connectivity index (χ4n) is 4.06. The molecular weight excluding hydrogens is 456 g/mol. The first-order valence-electron chi connectivity index (χ1n) is 10.4. The van der Waals surface area contributed by atoms with Gasteiger partial charge in [0, 0.05) is 36.5 Å².